The quantitative estimate of drug-likeness (QED) is 0.740. The smallest absolute Gasteiger partial charge is 0.163 e. The van der Waals surface area contributed by atoms with Gasteiger partial charge in [-0.25, -0.2) is 0 Å². The molecule has 2 aromatic carbocycles. The molecule has 0 aliphatic carbocycles. The van der Waals surface area contributed by atoms with E-state index in [-0.39, 0.29) is 5.78 Å². The third-order valence-corrected chi connectivity index (χ3v) is 3.15. The number of ketones is 1. The number of halogens is 1. The average molecular weight is 259 g/mol. The molecule has 2 aromatic rings. The summed E-state index contributed by atoms with van der Waals surface area (Å²) in [5.74, 6) is 0.189. The maximum Gasteiger partial charge on any atom is 0.163 e. The molecule has 92 valence electrons. The van der Waals surface area contributed by atoms with E-state index in [1.54, 1.807) is 0 Å². The van der Waals surface area contributed by atoms with Crippen LogP contribution < -0.4 is 0 Å². The minimum atomic E-state index is 0.189. The molecule has 0 saturated carbocycles. The zero-order chi connectivity index (χ0) is 13.0. The van der Waals surface area contributed by atoms with Crippen LogP contribution in [0, 0.1) is 6.92 Å². The lowest BCUT2D eigenvalue weighted by Crippen LogP contribution is -2.01. The predicted molar refractivity (Wildman–Crippen MR) is 75.3 cm³/mol. The zero-order valence-electron chi connectivity index (χ0n) is 10.3. The largest absolute Gasteiger partial charge is 0.294 e. The van der Waals surface area contributed by atoms with Gasteiger partial charge in [0.15, 0.2) is 5.78 Å². The number of hydrogen-bond donors (Lipinski definition) is 0. The third kappa shape index (κ3) is 3.44. The van der Waals surface area contributed by atoms with Crippen molar-refractivity contribution in [2.45, 2.75) is 19.8 Å². The maximum atomic E-state index is 12.0. The Morgan fingerprint density at radius 1 is 1.11 bits per heavy atom. The molecule has 2 heteroatoms. The molecule has 0 aliphatic rings. The second-order valence-corrected chi connectivity index (χ2v) is 4.86. The van der Waals surface area contributed by atoms with Gasteiger partial charge >= 0.3 is 0 Å². The second kappa shape index (κ2) is 5.83. The summed E-state index contributed by atoms with van der Waals surface area (Å²) in [7, 11) is 0. The molecule has 0 heterocycles. The number of carbonyl (C=O) groups is 1. The molecule has 0 fully saturated rings. The predicted octanol–water partition coefficient (Wildman–Crippen LogP) is 4.46. The summed E-state index contributed by atoms with van der Waals surface area (Å²) in [6, 6.07) is 15.4. The molecular formula is C16H15ClO. The van der Waals surface area contributed by atoms with Crippen LogP contribution in [0.15, 0.2) is 48.5 Å². The summed E-state index contributed by atoms with van der Waals surface area (Å²) in [6.45, 7) is 2.00. The number of aryl methyl sites for hydroxylation is 2. The SMILES string of the molecule is Cc1cccc(C(=O)CCc2ccc(Cl)cc2)c1. The van der Waals surface area contributed by atoms with Crippen LogP contribution in [0.3, 0.4) is 0 Å². The van der Waals surface area contributed by atoms with Gasteiger partial charge in [-0.2, -0.15) is 0 Å². The van der Waals surface area contributed by atoms with Crippen molar-refractivity contribution in [1.82, 2.24) is 0 Å². The molecule has 2 rings (SSSR count). The van der Waals surface area contributed by atoms with Gasteiger partial charge in [-0.15, -0.1) is 0 Å². The van der Waals surface area contributed by atoms with Crippen molar-refractivity contribution in [2.75, 3.05) is 0 Å². The highest BCUT2D eigenvalue weighted by Crippen LogP contribution is 2.13. The van der Waals surface area contributed by atoms with Gasteiger partial charge in [0.2, 0.25) is 0 Å². The molecule has 1 nitrogen and oxygen atoms in total. The Morgan fingerprint density at radius 2 is 1.83 bits per heavy atom. The van der Waals surface area contributed by atoms with Crippen molar-refractivity contribution in [3.05, 3.63) is 70.2 Å². The van der Waals surface area contributed by atoms with Crippen LogP contribution in [0.25, 0.3) is 0 Å². The summed E-state index contributed by atoms with van der Waals surface area (Å²) in [6.07, 6.45) is 1.29. The van der Waals surface area contributed by atoms with Crippen LogP contribution in [0.2, 0.25) is 5.02 Å². The number of benzene rings is 2. The van der Waals surface area contributed by atoms with Gasteiger partial charge in [-0.1, -0.05) is 47.5 Å². The topological polar surface area (TPSA) is 17.1 Å². The molecular weight excluding hydrogens is 244 g/mol. The first kappa shape index (κ1) is 12.8. The summed E-state index contributed by atoms with van der Waals surface area (Å²) >= 11 is 5.82. The Bertz CT molecular complexity index is 543. The number of rotatable bonds is 4. The Morgan fingerprint density at radius 3 is 2.50 bits per heavy atom. The van der Waals surface area contributed by atoms with Crippen LogP contribution in [-0.2, 0) is 6.42 Å². The molecule has 0 unspecified atom stereocenters. The van der Waals surface area contributed by atoms with Crippen LogP contribution in [0.4, 0.5) is 0 Å². The van der Waals surface area contributed by atoms with Gasteiger partial charge in [0.25, 0.3) is 0 Å². The van der Waals surface area contributed by atoms with Gasteiger partial charge in [0.1, 0.15) is 0 Å². The lowest BCUT2D eigenvalue weighted by Gasteiger charge is -2.03. The Hall–Kier alpha value is -1.60. The second-order valence-electron chi connectivity index (χ2n) is 4.42. The first-order valence-electron chi connectivity index (χ1n) is 5.99. The Balaban J connectivity index is 1.98. The van der Waals surface area contributed by atoms with E-state index in [0.29, 0.717) is 6.42 Å². The van der Waals surface area contributed by atoms with Gasteiger partial charge in [-0.05, 0) is 37.1 Å². The van der Waals surface area contributed by atoms with Crippen molar-refractivity contribution in [3.8, 4) is 0 Å². The molecule has 18 heavy (non-hydrogen) atoms. The lowest BCUT2D eigenvalue weighted by molar-refractivity contribution is 0.0983. The van der Waals surface area contributed by atoms with E-state index in [1.807, 2.05) is 55.5 Å². The summed E-state index contributed by atoms with van der Waals surface area (Å²) in [5.41, 5.74) is 3.05. The maximum absolute atomic E-state index is 12.0. The van der Waals surface area contributed by atoms with Crippen LogP contribution >= 0.6 is 11.6 Å². The molecule has 0 bridgehead atoms. The van der Waals surface area contributed by atoms with Crippen molar-refractivity contribution in [1.29, 1.82) is 0 Å². The minimum absolute atomic E-state index is 0.189. The molecule has 0 amide bonds. The van der Waals surface area contributed by atoms with E-state index in [4.69, 9.17) is 11.6 Å². The van der Waals surface area contributed by atoms with Gasteiger partial charge in [0, 0.05) is 17.0 Å². The minimum Gasteiger partial charge on any atom is -0.294 e. The zero-order valence-corrected chi connectivity index (χ0v) is 11.1. The molecule has 0 aromatic heterocycles. The Labute approximate surface area is 112 Å². The molecule has 0 atom stereocenters. The molecule has 0 aliphatic heterocycles. The van der Waals surface area contributed by atoms with Crippen LogP contribution in [0.5, 0.6) is 0 Å². The normalized spacial score (nSPS) is 10.3. The van der Waals surface area contributed by atoms with E-state index in [0.717, 1.165) is 28.1 Å². The number of hydrogen-bond acceptors (Lipinski definition) is 1. The standard InChI is InChI=1S/C16H15ClO/c1-12-3-2-4-14(11-12)16(18)10-7-13-5-8-15(17)9-6-13/h2-6,8-9,11H,7,10H2,1H3. The van der Waals surface area contributed by atoms with E-state index < -0.39 is 0 Å². The monoisotopic (exact) mass is 258 g/mol. The first-order valence-corrected chi connectivity index (χ1v) is 6.37. The third-order valence-electron chi connectivity index (χ3n) is 2.89. The highest BCUT2D eigenvalue weighted by atomic mass is 35.5. The fraction of sp³-hybridized carbons (Fsp3) is 0.188. The lowest BCUT2D eigenvalue weighted by atomic mass is 10.0. The van der Waals surface area contributed by atoms with Crippen molar-refractivity contribution >= 4 is 17.4 Å². The molecule has 0 spiro atoms. The van der Waals surface area contributed by atoms with Gasteiger partial charge in [0.05, 0.1) is 0 Å². The number of Topliss-reactive ketones (excluding diaryl/α,β-unsaturated/α-hetero) is 1. The van der Waals surface area contributed by atoms with E-state index in [1.165, 1.54) is 0 Å². The molecule has 0 saturated heterocycles. The fourth-order valence-electron chi connectivity index (χ4n) is 1.87. The van der Waals surface area contributed by atoms with Crippen molar-refractivity contribution in [2.24, 2.45) is 0 Å². The summed E-state index contributed by atoms with van der Waals surface area (Å²) < 4.78 is 0. The fourth-order valence-corrected chi connectivity index (χ4v) is 2.00. The molecule has 0 radical (unpaired) electrons. The van der Waals surface area contributed by atoms with Crippen molar-refractivity contribution in [3.63, 3.8) is 0 Å². The summed E-state index contributed by atoms with van der Waals surface area (Å²) in [5, 5.41) is 0.726. The van der Waals surface area contributed by atoms with Crippen LogP contribution in [0.1, 0.15) is 27.9 Å². The first-order chi connectivity index (χ1) is 8.65. The highest BCUT2D eigenvalue weighted by Gasteiger charge is 2.06. The van der Waals surface area contributed by atoms with E-state index >= 15 is 0 Å². The van der Waals surface area contributed by atoms with Gasteiger partial charge < -0.3 is 0 Å². The Kier molecular flexibility index (Phi) is 4.16. The van der Waals surface area contributed by atoms with Crippen LogP contribution in [-0.4, -0.2) is 5.78 Å². The number of carbonyl (C=O) groups excluding carboxylic acids is 1. The van der Waals surface area contributed by atoms with E-state index in [2.05, 4.69) is 0 Å². The summed E-state index contributed by atoms with van der Waals surface area (Å²) in [4.78, 5) is 12.0. The average Bonchev–Trinajstić information content (AvgIpc) is 2.38. The van der Waals surface area contributed by atoms with Gasteiger partial charge in [-0.3, -0.25) is 4.79 Å². The molecule has 0 N–H and O–H groups in total. The van der Waals surface area contributed by atoms with Crippen molar-refractivity contribution < 1.29 is 4.79 Å². The highest BCUT2D eigenvalue weighted by molar-refractivity contribution is 6.30. The van der Waals surface area contributed by atoms with E-state index in [9.17, 15) is 4.79 Å².